The lowest BCUT2D eigenvalue weighted by molar-refractivity contribution is 0.0552. The zero-order chi connectivity index (χ0) is 14.7. The highest BCUT2D eigenvalue weighted by Crippen LogP contribution is 2.21. The summed E-state index contributed by atoms with van der Waals surface area (Å²) in [6.45, 7) is -0.00166. The van der Waals surface area contributed by atoms with Gasteiger partial charge in [-0.15, -0.1) is 0 Å². The van der Waals surface area contributed by atoms with Crippen molar-refractivity contribution in [1.82, 2.24) is 4.31 Å². The third kappa shape index (κ3) is 4.67. The Morgan fingerprint density at radius 3 is 2.37 bits per heavy atom. The topological polar surface area (TPSA) is 101 Å². The van der Waals surface area contributed by atoms with E-state index in [1.807, 2.05) is 0 Å². The molecule has 7 nitrogen and oxygen atoms in total. The van der Waals surface area contributed by atoms with Crippen LogP contribution in [0.1, 0.15) is 12.8 Å². The van der Waals surface area contributed by atoms with Gasteiger partial charge in [-0.2, -0.15) is 0 Å². The van der Waals surface area contributed by atoms with Crippen molar-refractivity contribution in [2.45, 2.75) is 24.2 Å². The molecule has 0 bridgehead atoms. The van der Waals surface area contributed by atoms with E-state index in [1.54, 1.807) is 0 Å². The lowest BCUT2D eigenvalue weighted by atomic mass is 10.2. The van der Waals surface area contributed by atoms with E-state index in [9.17, 15) is 21.9 Å². The van der Waals surface area contributed by atoms with Crippen LogP contribution in [0.2, 0.25) is 0 Å². The second-order valence-electron chi connectivity index (χ2n) is 4.79. The molecule has 0 radical (unpaired) electrons. The van der Waals surface area contributed by atoms with Crippen molar-refractivity contribution in [1.29, 1.82) is 0 Å². The second-order valence-corrected chi connectivity index (χ2v) is 9.41. The van der Waals surface area contributed by atoms with Gasteiger partial charge in [0.2, 0.25) is 10.0 Å². The number of hydrogen-bond acceptors (Lipinski definition) is 6. The van der Waals surface area contributed by atoms with Crippen LogP contribution in [-0.2, 0) is 24.6 Å². The van der Waals surface area contributed by atoms with E-state index in [2.05, 4.69) is 0 Å². The van der Waals surface area contributed by atoms with E-state index >= 15 is 0 Å². The lowest BCUT2D eigenvalue weighted by Crippen LogP contribution is -2.44. The highest BCUT2D eigenvalue weighted by Gasteiger charge is 2.35. The summed E-state index contributed by atoms with van der Waals surface area (Å²) in [6, 6.07) is 0. The average Bonchev–Trinajstić information content (AvgIpc) is 2.28. The van der Waals surface area contributed by atoms with Crippen molar-refractivity contribution < 1.29 is 26.7 Å². The van der Waals surface area contributed by atoms with Crippen LogP contribution in [0, 0.1) is 0 Å². The van der Waals surface area contributed by atoms with E-state index in [4.69, 9.17) is 4.74 Å². The first-order chi connectivity index (χ1) is 8.69. The zero-order valence-corrected chi connectivity index (χ0v) is 12.8. The summed E-state index contributed by atoms with van der Waals surface area (Å²) in [5, 5.41) is 8.85. The molecule has 1 fully saturated rings. The van der Waals surface area contributed by atoms with Gasteiger partial charge in [-0.05, 0) is 12.8 Å². The van der Waals surface area contributed by atoms with Crippen LogP contribution in [-0.4, -0.2) is 76.4 Å². The molecule has 0 aliphatic carbocycles. The summed E-state index contributed by atoms with van der Waals surface area (Å²) in [7, 11) is -3.85. The number of hydrogen-bond donors (Lipinski definition) is 1. The molecule has 0 aromatic heterocycles. The fourth-order valence-corrected chi connectivity index (χ4v) is 5.58. The molecule has 0 amide bonds. The Hall–Kier alpha value is -0.220. The molecule has 0 saturated carbocycles. The first-order valence-electron chi connectivity index (χ1n) is 6.01. The SMILES string of the molecule is COCC(O)CN(C)S(=O)(=O)C1CCS(=O)(=O)CC1. The van der Waals surface area contributed by atoms with Gasteiger partial charge in [0, 0.05) is 20.7 Å². The fraction of sp³-hybridized carbons (Fsp3) is 1.00. The maximum absolute atomic E-state index is 12.2. The van der Waals surface area contributed by atoms with Gasteiger partial charge in [-0.1, -0.05) is 0 Å². The molecule has 114 valence electrons. The van der Waals surface area contributed by atoms with Crippen LogP contribution in [0.4, 0.5) is 0 Å². The number of sulfonamides is 1. The fourth-order valence-electron chi connectivity index (χ4n) is 2.07. The van der Waals surface area contributed by atoms with E-state index < -0.39 is 31.2 Å². The smallest absolute Gasteiger partial charge is 0.216 e. The van der Waals surface area contributed by atoms with Gasteiger partial charge < -0.3 is 9.84 Å². The number of aliphatic hydroxyl groups excluding tert-OH is 1. The van der Waals surface area contributed by atoms with Crippen LogP contribution >= 0.6 is 0 Å². The summed E-state index contributed by atoms with van der Waals surface area (Å²) < 4.78 is 52.8. The molecular formula is C10H21NO6S2. The Balaban J connectivity index is 2.65. The predicted molar refractivity (Wildman–Crippen MR) is 71.1 cm³/mol. The molecule has 1 rings (SSSR count). The van der Waals surface area contributed by atoms with E-state index in [0.717, 1.165) is 4.31 Å². The van der Waals surface area contributed by atoms with Crippen molar-refractivity contribution in [2.24, 2.45) is 0 Å². The number of rotatable bonds is 6. The summed E-state index contributed by atoms with van der Waals surface area (Å²) in [6.07, 6.45) is -0.651. The first kappa shape index (κ1) is 16.8. The molecule has 1 saturated heterocycles. The first-order valence-corrected chi connectivity index (χ1v) is 9.34. The van der Waals surface area contributed by atoms with Crippen LogP contribution in [0.3, 0.4) is 0 Å². The van der Waals surface area contributed by atoms with E-state index in [0.29, 0.717) is 0 Å². The number of nitrogens with zero attached hydrogens (tertiary/aromatic N) is 1. The molecular weight excluding hydrogens is 294 g/mol. The van der Waals surface area contributed by atoms with E-state index in [1.165, 1.54) is 14.2 Å². The van der Waals surface area contributed by atoms with Crippen LogP contribution in [0.25, 0.3) is 0 Å². The Kier molecular flexibility index (Phi) is 5.75. The number of likely N-dealkylation sites (N-methyl/N-ethyl adjacent to an activating group) is 1. The largest absolute Gasteiger partial charge is 0.389 e. The summed E-state index contributed by atoms with van der Waals surface area (Å²) in [5.74, 6) is -0.184. The molecule has 0 aromatic rings. The molecule has 1 aliphatic rings. The Morgan fingerprint density at radius 2 is 1.89 bits per heavy atom. The number of sulfone groups is 1. The van der Waals surface area contributed by atoms with Gasteiger partial charge in [0.1, 0.15) is 9.84 Å². The third-order valence-electron chi connectivity index (χ3n) is 3.18. The molecule has 1 N–H and O–H groups in total. The number of ether oxygens (including phenoxy) is 1. The normalized spacial score (nSPS) is 22.5. The van der Waals surface area contributed by atoms with Crippen molar-refractivity contribution in [3.8, 4) is 0 Å². The van der Waals surface area contributed by atoms with Crippen molar-refractivity contribution in [3.05, 3.63) is 0 Å². The standard InChI is InChI=1S/C10H21NO6S2/c1-11(7-9(12)8-17-2)19(15,16)10-3-5-18(13,14)6-4-10/h9-10,12H,3-8H2,1-2H3. The molecule has 1 atom stereocenters. The minimum absolute atomic E-state index is 0.0545. The molecule has 0 aromatic carbocycles. The summed E-state index contributed by atoms with van der Waals surface area (Å²) in [5.41, 5.74) is 0. The minimum atomic E-state index is -3.57. The monoisotopic (exact) mass is 315 g/mol. The Labute approximate surface area is 114 Å². The molecule has 1 aliphatic heterocycles. The highest BCUT2D eigenvalue weighted by molar-refractivity contribution is 7.92. The van der Waals surface area contributed by atoms with Gasteiger partial charge >= 0.3 is 0 Å². The van der Waals surface area contributed by atoms with Crippen molar-refractivity contribution in [2.75, 3.05) is 38.8 Å². The minimum Gasteiger partial charge on any atom is -0.389 e. The number of aliphatic hydroxyl groups is 1. The number of methoxy groups -OCH3 is 1. The zero-order valence-electron chi connectivity index (χ0n) is 11.1. The molecule has 1 heterocycles. The van der Waals surface area contributed by atoms with Crippen LogP contribution in [0.15, 0.2) is 0 Å². The molecule has 9 heteroatoms. The average molecular weight is 315 g/mol. The quantitative estimate of drug-likeness (QED) is 0.663. The van der Waals surface area contributed by atoms with Gasteiger partial charge in [0.25, 0.3) is 0 Å². The third-order valence-corrected chi connectivity index (χ3v) is 7.23. The maximum atomic E-state index is 12.2. The Bertz CT molecular complexity index is 472. The van der Waals surface area contributed by atoms with Gasteiger partial charge in [0.15, 0.2) is 0 Å². The Morgan fingerprint density at radius 1 is 1.37 bits per heavy atom. The second kappa shape index (κ2) is 6.49. The van der Waals surface area contributed by atoms with Crippen LogP contribution < -0.4 is 0 Å². The van der Waals surface area contributed by atoms with Gasteiger partial charge in [0.05, 0.1) is 29.5 Å². The lowest BCUT2D eigenvalue weighted by Gasteiger charge is -2.28. The van der Waals surface area contributed by atoms with E-state index in [-0.39, 0.29) is 37.5 Å². The highest BCUT2D eigenvalue weighted by atomic mass is 32.2. The molecule has 0 spiro atoms. The van der Waals surface area contributed by atoms with Crippen LogP contribution in [0.5, 0.6) is 0 Å². The maximum Gasteiger partial charge on any atom is 0.216 e. The van der Waals surface area contributed by atoms with Crippen molar-refractivity contribution >= 4 is 19.9 Å². The van der Waals surface area contributed by atoms with Gasteiger partial charge in [-0.25, -0.2) is 21.1 Å². The molecule has 19 heavy (non-hydrogen) atoms. The summed E-state index contributed by atoms with van der Waals surface area (Å²) >= 11 is 0. The van der Waals surface area contributed by atoms with Crippen molar-refractivity contribution in [3.63, 3.8) is 0 Å². The van der Waals surface area contributed by atoms with Gasteiger partial charge in [-0.3, -0.25) is 0 Å². The predicted octanol–water partition coefficient (Wildman–Crippen LogP) is -1.17. The summed E-state index contributed by atoms with van der Waals surface area (Å²) in [4.78, 5) is 0. The molecule has 1 unspecified atom stereocenters.